The molecule has 0 aliphatic carbocycles. The molecular weight excluding hydrogens is 267 g/mol. The number of halogens is 3. The van der Waals surface area contributed by atoms with Crippen LogP contribution < -0.4 is 0 Å². The Morgan fingerprint density at radius 1 is 1.50 bits per heavy atom. The smallest absolute Gasteiger partial charge is 0.251 e. The van der Waals surface area contributed by atoms with E-state index in [1.54, 1.807) is 0 Å². The van der Waals surface area contributed by atoms with Crippen LogP contribution in [0, 0.1) is 11.5 Å². The maximum Gasteiger partial charge on any atom is 0.433 e. The van der Waals surface area contributed by atoms with Crippen LogP contribution in [0.15, 0.2) is 22.7 Å². The van der Waals surface area contributed by atoms with Gasteiger partial charge in [0.25, 0.3) is 0 Å². The van der Waals surface area contributed by atoms with E-state index in [-0.39, 0.29) is 0 Å². The van der Waals surface area contributed by atoms with E-state index in [4.69, 9.17) is 5.26 Å². The second-order valence-electron chi connectivity index (χ2n) is 3.67. The van der Waals surface area contributed by atoms with E-state index in [2.05, 4.69) is 9.35 Å². The van der Waals surface area contributed by atoms with Crippen molar-refractivity contribution in [2.45, 2.75) is 18.3 Å². The first-order chi connectivity index (χ1) is 8.18. The van der Waals surface area contributed by atoms with E-state index in [9.17, 15) is 17.4 Å². The molecule has 0 aliphatic rings. The van der Waals surface area contributed by atoms with Crippen LogP contribution >= 0.6 is 0 Å². The van der Waals surface area contributed by atoms with Crippen molar-refractivity contribution in [1.29, 1.82) is 5.26 Å². The zero-order valence-corrected chi connectivity index (χ0v) is 10.4. The van der Waals surface area contributed by atoms with Crippen LogP contribution in [0.3, 0.4) is 0 Å². The summed E-state index contributed by atoms with van der Waals surface area (Å²) in [7, 11) is -2.82. The maximum atomic E-state index is 12.3. The first-order valence-corrected chi connectivity index (χ1v) is 6.79. The zero-order chi connectivity index (χ0) is 14.0. The highest BCUT2D eigenvalue weighted by atomic mass is 32.2. The Kier molecular flexibility index (Phi) is 3.96. The number of hydrogen-bond donors (Lipinski definition) is 0. The number of alkyl halides is 3. The third-order valence-electron chi connectivity index (χ3n) is 2.42. The molecule has 0 aromatic carbocycles. The predicted molar refractivity (Wildman–Crippen MR) is 59.8 cm³/mol. The van der Waals surface area contributed by atoms with Gasteiger partial charge in [0.2, 0.25) is 6.19 Å². The van der Waals surface area contributed by atoms with Crippen molar-refractivity contribution in [2.75, 3.05) is 6.26 Å². The minimum atomic E-state index is -4.51. The molecule has 1 heterocycles. The van der Waals surface area contributed by atoms with Gasteiger partial charge >= 0.3 is 6.18 Å². The van der Waals surface area contributed by atoms with E-state index in [1.807, 2.05) is 0 Å². The van der Waals surface area contributed by atoms with Crippen LogP contribution in [0.5, 0.6) is 0 Å². The average Bonchev–Trinajstić information content (AvgIpc) is 2.27. The van der Waals surface area contributed by atoms with Crippen molar-refractivity contribution in [1.82, 2.24) is 4.98 Å². The normalized spacial score (nSPS) is 16.4. The third-order valence-corrected chi connectivity index (χ3v) is 4.45. The summed E-state index contributed by atoms with van der Waals surface area (Å²) in [5.74, 6) is 0. The summed E-state index contributed by atoms with van der Waals surface area (Å²) in [6.45, 7) is 1.52. The van der Waals surface area contributed by atoms with Crippen LogP contribution in [-0.4, -0.2) is 15.4 Å². The fourth-order valence-electron chi connectivity index (χ4n) is 1.23. The van der Waals surface area contributed by atoms with Crippen LogP contribution in [0.4, 0.5) is 13.2 Å². The van der Waals surface area contributed by atoms with Crippen molar-refractivity contribution in [3.8, 4) is 6.19 Å². The summed E-state index contributed by atoms with van der Waals surface area (Å²) in [6, 6.07) is 2.00. The molecule has 0 saturated heterocycles. The van der Waals surface area contributed by atoms with Gasteiger partial charge < -0.3 is 0 Å². The van der Waals surface area contributed by atoms with Gasteiger partial charge in [-0.05, 0) is 18.6 Å². The Balaban J connectivity index is 3.12. The van der Waals surface area contributed by atoms with E-state index in [0.29, 0.717) is 5.56 Å². The summed E-state index contributed by atoms with van der Waals surface area (Å²) >= 11 is 0. The first-order valence-electron chi connectivity index (χ1n) is 4.80. The lowest BCUT2D eigenvalue weighted by molar-refractivity contribution is -0.141. The second kappa shape index (κ2) is 4.94. The summed E-state index contributed by atoms with van der Waals surface area (Å²) in [5.41, 5.74) is -0.673. The fourth-order valence-corrected chi connectivity index (χ4v) is 2.19. The van der Waals surface area contributed by atoms with Gasteiger partial charge in [-0.2, -0.15) is 18.4 Å². The van der Waals surface area contributed by atoms with Gasteiger partial charge in [-0.25, -0.2) is 4.21 Å². The Hall–Kier alpha value is -1.62. The molecule has 18 heavy (non-hydrogen) atoms. The van der Waals surface area contributed by atoms with Gasteiger partial charge in [0.1, 0.15) is 5.69 Å². The predicted octanol–water partition coefficient (Wildman–Crippen LogP) is 2.74. The number of nitrogens with zero attached hydrogens (tertiary/aromatic N) is 3. The summed E-state index contributed by atoms with van der Waals surface area (Å²) < 4.78 is 52.1. The molecule has 0 bridgehead atoms. The highest BCUT2D eigenvalue weighted by Gasteiger charge is 2.32. The quantitative estimate of drug-likeness (QED) is 0.781. The second-order valence-corrected chi connectivity index (χ2v) is 6.28. The molecule has 0 spiro atoms. The van der Waals surface area contributed by atoms with Gasteiger partial charge in [0.05, 0.1) is 15.0 Å². The van der Waals surface area contributed by atoms with Gasteiger partial charge in [-0.15, -0.1) is 4.36 Å². The highest BCUT2D eigenvalue weighted by Crippen LogP contribution is 2.29. The molecule has 0 N–H and O–H groups in total. The lowest BCUT2D eigenvalue weighted by atomic mass is 10.2. The monoisotopic (exact) mass is 277 g/mol. The molecule has 4 nitrogen and oxygen atoms in total. The Labute approximate surface area is 103 Å². The van der Waals surface area contributed by atoms with Gasteiger partial charge in [0, 0.05) is 12.5 Å². The molecule has 1 rings (SSSR count). The fraction of sp³-hybridized carbons (Fsp3) is 0.400. The summed E-state index contributed by atoms with van der Waals surface area (Å²) in [4.78, 5) is 3.27. The molecule has 98 valence electrons. The summed E-state index contributed by atoms with van der Waals surface area (Å²) in [6.07, 6.45) is -0.784. The van der Waals surface area contributed by atoms with Crippen molar-refractivity contribution < 1.29 is 17.4 Å². The minimum Gasteiger partial charge on any atom is -0.251 e. The molecule has 0 radical (unpaired) electrons. The average molecular weight is 277 g/mol. The van der Waals surface area contributed by atoms with Gasteiger partial charge in [-0.1, -0.05) is 6.07 Å². The molecule has 0 saturated carbocycles. The molecule has 8 heteroatoms. The maximum absolute atomic E-state index is 12.3. The Morgan fingerprint density at radius 3 is 2.50 bits per heavy atom. The first kappa shape index (κ1) is 14.4. The molecule has 0 amide bonds. The van der Waals surface area contributed by atoms with Gasteiger partial charge in [0.15, 0.2) is 0 Å². The molecule has 1 aromatic rings. The molecule has 2 atom stereocenters. The van der Waals surface area contributed by atoms with Crippen molar-refractivity contribution in [3.05, 3.63) is 29.6 Å². The molecule has 0 unspecified atom stereocenters. The number of nitriles is 1. The minimum absolute atomic E-state index is 0.342. The van der Waals surface area contributed by atoms with Gasteiger partial charge in [-0.3, -0.25) is 4.98 Å². The Bertz CT molecular complexity index is 580. The topological polar surface area (TPSA) is 66.1 Å². The van der Waals surface area contributed by atoms with E-state index < -0.39 is 26.8 Å². The molecular formula is C10H10F3N3OS. The van der Waals surface area contributed by atoms with Crippen molar-refractivity contribution >= 4 is 9.73 Å². The molecule has 0 aliphatic heterocycles. The van der Waals surface area contributed by atoms with Crippen LogP contribution in [-0.2, 0) is 15.9 Å². The van der Waals surface area contributed by atoms with Crippen LogP contribution in [0.1, 0.15) is 23.4 Å². The molecule has 0 fully saturated rings. The van der Waals surface area contributed by atoms with E-state index in [1.165, 1.54) is 25.4 Å². The third kappa shape index (κ3) is 3.20. The summed E-state index contributed by atoms with van der Waals surface area (Å²) in [5, 5.41) is 7.71. The standard InChI is InChI=1S/C10H10F3N3OS/c1-7(18(2,17)16-6-14)8-3-4-9(15-5-8)10(11,12)13/h3-5,7H,1-2H3/t7-,18-/m0/s1. The number of aromatic nitrogens is 1. The largest absolute Gasteiger partial charge is 0.433 e. The van der Waals surface area contributed by atoms with E-state index in [0.717, 1.165) is 12.3 Å². The Morgan fingerprint density at radius 2 is 2.11 bits per heavy atom. The number of hydrogen-bond acceptors (Lipinski definition) is 4. The van der Waals surface area contributed by atoms with Crippen LogP contribution in [0.2, 0.25) is 0 Å². The SMILES string of the molecule is C[C@@H](c1ccc(C(F)(F)F)nc1)[S@](C)(=O)=NC#N. The zero-order valence-electron chi connectivity index (χ0n) is 9.60. The van der Waals surface area contributed by atoms with Crippen LogP contribution in [0.25, 0.3) is 0 Å². The lowest BCUT2D eigenvalue weighted by Gasteiger charge is -2.13. The molecule has 1 aromatic heterocycles. The lowest BCUT2D eigenvalue weighted by Crippen LogP contribution is -2.11. The number of rotatable bonds is 2. The van der Waals surface area contributed by atoms with Crippen molar-refractivity contribution in [3.63, 3.8) is 0 Å². The van der Waals surface area contributed by atoms with Crippen molar-refractivity contribution in [2.24, 2.45) is 4.36 Å². The highest BCUT2D eigenvalue weighted by molar-refractivity contribution is 7.93. The van der Waals surface area contributed by atoms with E-state index >= 15 is 0 Å². The number of pyridine rings is 1.